The number of nitrogens with zero attached hydrogens (tertiary/aromatic N) is 6. The molecule has 1 aromatic carbocycles. The van der Waals surface area contributed by atoms with Crippen LogP contribution in [0.2, 0.25) is 5.02 Å². The van der Waals surface area contributed by atoms with Crippen molar-refractivity contribution in [3.63, 3.8) is 0 Å². The SMILES string of the molecule is Cc1nc(N2CCN(C)CC2)cc(N2CCN(c3cccc(Cl)c3)CC2)n1. The average Bonchev–Trinajstić information content (AvgIpc) is 2.68. The number of hydrogen-bond donors (Lipinski definition) is 0. The van der Waals surface area contributed by atoms with Gasteiger partial charge in [0.05, 0.1) is 0 Å². The van der Waals surface area contributed by atoms with Crippen LogP contribution >= 0.6 is 11.6 Å². The van der Waals surface area contributed by atoms with E-state index in [0.29, 0.717) is 0 Å². The van der Waals surface area contributed by atoms with Crippen molar-refractivity contribution >= 4 is 28.9 Å². The molecule has 2 saturated heterocycles. The van der Waals surface area contributed by atoms with E-state index in [0.717, 1.165) is 74.8 Å². The molecule has 4 rings (SSSR count). The summed E-state index contributed by atoms with van der Waals surface area (Å²) in [7, 11) is 2.17. The maximum Gasteiger partial charge on any atom is 0.134 e. The van der Waals surface area contributed by atoms with E-state index in [-0.39, 0.29) is 0 Å². The zero-order valence-corrected chi connectivity index (χ0v) is 16.9. The van der Waals surface area contributed by atoms with E-state index >= 15 is 0 Å². The molecule has 2 aliphatic heterocycles. The average molecular weight is 387 g/mol. The molecule has 0 aliphatic carbocycles. The van der Waals surface area contributed by atoms with Crippen LogP contribution in [0, 0.1) is 6.92 Å². The van der Waals surface area contributed by atoms with Gasteiger partial charge in [0.1, 0.15) is 17.5 Å². The standard InChI is InChI=1S/C20H27ClN6/c1-16-22-19(26-8-6-24(2)7-9-26)15-20(23-16)27-12-10-25(11-13-27)18-5-3-4-17(21)14-18/h3-5,14-15H,6-13H2,1-2H3. The van der Waals surface area contributed by atoms with Gasteiger partial charge in [-0.15, -0.1) is 0 Å². The largest absolute Gasteiger partial charge is 0.368 e. The minimum Gasteiger partial charge on any atom is -0.368 e. The first-order valence-electron chi connectivity index (χ1n) is 9.63. The van der Waals surface area contributed by atoms with Crippen LogP contribution in [0.15, 0.2) is 30.3 Å². The summed E-state index contributed by atoms with van der Waals surface area (Å²) in [5.41, 5.74) is 1.19. The van der Waals surface area contributed by atoms with E-state index in [2.05, 4.69) is 38.8 Å². The number of halogens is 1. The summed E-state index contributed by atoms with van der Waals surface area (Å²) >= 11 is 6.14. The summed E-state index contributed by atoms with van der Waals surface area (Å²) < 4.78 is 0. The van der Waals surface area contributed by atoms with Gasteiger partial charge in [0.2, 0.25) is 0 Å². The summed E-state index contributed by atoms with van der Waals surface area (Å²) in [6, 6.07) is 10.3. The Labute approximate surface area is 166 Å². The maximum atomic E-state index is 6.14. The molecule has 0 radical (unpaired) electrons. The Morgan fingerprint density at radius 3 is 1.93 bits per heavy atom. The molecule has 2 aromatic rings. The first-order chi connectivity index (χ1) is 13.1. The third-order valence-electron chi connectivity index (χ3n) is 5.42. The van der Waals surface area contributed by atoms with Gasteiger partial charge >= 0.3 is 0 Å². The van der Waals surface area contributed by atoms with Crippen molar-refractivity contribution in [1.29, 1.82) is 0 Å². The monoisotopic (exact) mass is 386 g/mol. The molecule has 0 amide bonds. The van der Waals surface area contributed by atoms with Crippen LogP contribution in [-0.4, -0.2) is 74.3 Å². The molecule has 6 nitrogen and oxygen atoms in total. The Balaban J connectivity index is 1.45. The summed E-state index contributed by atoms with van der Waals surface area (Å²) in [6.45, 7) is 10.0. The molecule has 1 aromatic heterocycles. The number of hydrogen-bond acceptors (Lipinski definition) is 6. The third kappa shape index (κ3) is 4.28. The highest BCUT2D eigenvalue weighted by molar-refractivity contribution is 6.30. The zero-order valence-electron chi connectivity index (χ0n) is 16.1. The molecule has 2 fully saturated rings. The van der Waals surface area contributed by atoms with Crippen LogP contribution in [0.5, 0.6) is 0 Å². The van der Waals surface area contributed by atoms with E-state index < -0.39 is 0 Å². The van der Waals surface area contributed by atoms with Crippen LogP contribution in [0.4, 0.5) is 17.3 Å². The van der Waals surface area contributed by atoms with Gasteiger partial charge in [-0.1, -0.05) is 17.7 Å². The molecule has 0 N–H and O–H groups in total. The van der Waals surface area contributed by atoms with Gasteiger partial charge in [-0.25, -0.2) is 9.97 Å². The van der Waals surface area contributed by atoms with Crippen molar-refractivity contribution < 1.29 is 0 Å². The fourth-order valence-corrected chi connectivity index (χ4v) is 3.95. The normalized spacial score (nSPS) is 18.9. The summed E-state index contributed by atoms with van der Waals surface area (Å²) in [4.78, 5) is 18.9. The minimum atomic E-state index is 0.790. The van der Waals surface area contributed by atoms with Crippen LogP contribution in [0.3, 0.4) is 0 Å². The van der Waals surface area contributed by atoms with Gasteiger partial charge in [0, 0.05) is 69.1 Å². The summed E-state index contributed by atoms with van der Waals surface area (Å²) in [5.74, 6) is 2.95. The molecule has 144 valence electrons. The molecular formula is C20H27ClN6. The summed E-state index contributed by atoms with van der Waals surface area (Å²) in [5, 5.41) is 0.790. The second-order valence-electron chi connectivity index (χ2n) is 7.38. The van der Waals surface area contributed by atoms with Crippen LogP contribution in [-0.2, 0) is 0 Å². The predicted molar refractivity (Wildman–Crippen MR) is 112 cm³/mol. The van der Waals surface area contributed by atoms with Crippen molar-refractivity contribution in [2.75, 3.05) is 74.1 Å². The molecule has 7 heteroatoms. The Morgan fingerprint density at radius 2 is 1.33 bits per heavy atom. The number of aryl methyl sites for hydroxylation is 1. The third-order valence-corrected chi connectivity index (χ3v) is 5.65. The first-order valence-corrected chi connectivity index (χ1v) is 10.0. The molecule has 27 heavy (non-hydrogen) atoms. The van der Waals surface area contributed by atoms with Gasteiger partial charge < -0.3 is 19.6 Å². The van der Waals surface area contributed by atoms with Gasteiger partial charge in [-0.05, 0) is 32.2 Å². The molecular weight excluding hydrogens is 360 g/mol. The van der Waals surface area contributed by atoms with Crippen molar-refractivity contribution in [3.05, 3.63) is 41.2 Å². The van der Waals surface area contributed by atoms with E-state index in [1.165, 1.54) is 5.69 Å². The lowest BCUT2D eigenvalue weighted by Gasteiger charge is -2.37. The molecule has 0 spiro atoms. The summed E-state index contributed by atoms with van der Waals surface area (Å²) in [6.07, 6.45) is 0. The number of benzene rings is 1. The van der Waals surface area contributed by atoms with Crippen molar-refractivity contribution in [3.8, 4) is 0 Å². The van der Waals surface area contributed by atoms with Crippen molar-refractivity contribution in [2.45, 2.75) is 6.92 Å². The van der Waals surface area contributed by atoms with Crippen molar-refractivity contribution in [2.24, 2.45) is 0 Å². The molecule has 0 bridgehead atoms. The lowest BCUT2D eigenvalue weighted by Crippen LogP contribution is -2.47. The quantitative estimate of drug-likeness (QED) is 0.807. The van der Waals surface area contributed by atoms with E-state index in [9.17, 15) is 0 Å². The zero-order chi connectivity index (χ0) is 18.8. The van der Waals surface area contributed by atoms with E-state index in [4.69, 9.17) is 21.6 Å². The van der Waals surface area contributed by atoms with Crippen LogP contribution in [0.1, 0.15) is 5.82 Å². The topological polar surface area (TPSA) is 38.7 Å². The fourth-order valence-electron chi connectivity index (χ4n) is 3.76. The van der Waals surface area contributed by atoms with Crippen LogP contribution < -0.4 is 14.7 Å². The second kappa shape index (κ2) is 7.90. The number of aromatic nitrogens is 2. The number of likely N-dealkylation sites (N-methyl/N-ethyl adjacent to an activating group) is 1. The molecule has 2 aliphatic rings. The Hall–Kier alpha value is -2.05. The van der Waals surface area contributed by atoms with E-state index in [1.54, 1.807) is 0 Å². The van der Waals surface area contributed by atoms with Gasteiger partial charge in [0.25, 0.3) is 0 Å². The number of rotatable bonds is 3. The lowest BCUT2D eigenvalue weighted by atomic mass is 10.2. The second-order valence-corrected chi connectivity index (χ2v) is 7.81. The van der Waals surface area contributed by atoms with Crippen LogP contribution in [0.25, 0.3) is 0 Å². The van der Waals surface area contributed by atoms with Gasteiger partial charge in [0.15, 0.2) is 0 Å². The Kier molecular flexibility index (Phi) is 5.36. The first kappa shape index (κ1) is 18.3. The van der Waals surface area contributed by atoms with E-state index in [1.807, 2.05) is 25.1 Å². The Bertz CT molecular complexity index is 782. The molecule has 0 atom stereocenters. The fraction of sp³-hybridized carbons (Fsp3) is 0.500. The van der Waals surface area contributed by atoms with Gasteiger partial charge in [-0.2, -0.15) is 0 Å². The van der Waals surface area contributed by atoms with Crippen molar-refractivity contribution in [1.82, 2.24) is 14.9 Å². The number of piperazine rings is 2. The molecule has 0 saturated carbocycles. The molecule has 0 unspecified atom stereocenters. The predicted octanol–water partition coefficient (Wildman–Crippen LogP) is 2.52. The molecule has 3 heterocycles. The highest BCUT2D eigenvalue weighted by Gasteiger charge is 2.21. The Morgan fingerprint density at radius 1 is 0.778 bits per heavy atom. The lowest BCUT2D eigenvalue weighted by molar-refractivity contribution is 0.312. The van der Waals surface area contributed by atoms with Gasteiger partial charge in [-0.3, -0.25) is 0 Å². The highest BCUT2D eigenvalue weighted by Crippen LogP contribution is 2.24. The maximum absolute atomic E-state index is 6.14. The highest BCUT2D eigenvalue weighted by atomic mass is 35.5. The smallest absolute Gasteiger partial charge is 0.134 e. The minimum absolute atomic E-state index is 0.790. The number of anilines is 3.